The van der Waals surface area contributed by atoms with Crippen molar-refractivity contribution in [3.8, 4) is 5.75 Å². The zero-order valence-corrected chi connectivity index (χ0v) is 17.1. The summed E-state index contributed by atoms with van der Waals surface area (Å²) < 4.78 is 11.4. The van der Waals surface area contributed by atoms with Crippen LogP contribution in [-0.2, 0) is 6.42 Å². The maximum Gasteiger partial charge on any atom is 0.257 e. The van der Waals surface area contributed by atoms with Crippen LogP contribution >= 0.6 is 11.6 Å². The van der Waals surface area contributed by atoms with E-state index in [1.54, 1.807) is 19.4 Å². The number of methoxy groups -OCH3 is 1. The van der Waals surface area contributed by atoms with Crippen molar-refractivity contribution in [2.24, 2.45) is 0 Å². The van der Waals surface area contributed by atoms with Crippen molar-refractivity contribution in [3.05, 3.63) is 82.5 Å². The number of rotatable bonds is 5. The lowest BCUT2D eigenvalue weighted by molar-refractivity contribution is 0.0694. The quantitative estimate of drug-likeness (QED) is 0.597. The van der Waals surface area contributed by atoms with Gasteiger partial charge in [0.05, 0.1) is 24.8 Å². The van der Waals surface area contributed by atoms with E-state index >= 15 is 0 Å². The molecule has 6 heteroatoms. The summed E-state index contributed by atoms with van der Waals surface area (Å²) in [6.45, 7) is 1.32. The third kappa shape index (κ3) is 4.46. The molecule has 0 unspecified atom stereocenters. The first-order valence-electron chi connectivity index (χ1n) is 9.75. The second-order valence-electron chi connectivity index (χ2n) is 7.26. The molecule has 0 spiro atoms. The lowest BCUT2D eigenvalue weighted by atomic mass is 9.97. The smallest absolute Gasteiger partial charge is 0.257 e. The number of aromatic nitrogens is 1. The molecule has 0 radical (unpaired) electrons. The van der Waals surface area contributed by atoms with Crippen LogP contribution < -0.4 is 4.74 Å². The topological polar surface area (TPSA) is 55.6 Å². The minimum Gasteiger partial charge on any atom is -0.496 e. The first-order chi connectivity index (χ1) is 14.1. The monoisotopic (exact) mass is 410 g/mol. The Balaban J connectivity index is 1.46. The Labute approximate surface area is 175 Å². The molecule has 5 nitrogen and oxygen atoms in total. The van der Waals surface area contributed by atoms with Crippen LogP contribution in [0, 0.1) is 0 Å². The summed E-state index contributed by atoms with van der Waals surface area (Å²) in [5, 5.41) is 0.708. The summed E-state index contributed by atoms with van der Waals surface area (Å²) in [4.78, 5) is 19.4. The number of amides is 1. The third-order valence-corrected chi connectivity index (χ3v) is 5.47. The molecule has 0 saturated carbocycles. The molecule has 3 aromatic rings. The number of ether oxygens (including phenoxy) is 1. The normalized spacial score (nSPS) is 16.6. The van der Waals surface area contributed by atoms with E-state index < -0.39 is 0 Å². The van der Waals surface area contributed by atoms with E-state index in [0.717, 1.165) is 30.7 Å². The first-order valence-corrected chi connectivity index (χ1v) is 10.1. The van der Waals surface area contributed by atoms with Crippen molar-refractivity contribution in [2.75, 3.05) is 20.2 Å². The van der Waals surface area contributed by atoms with Gasteiger partial charge in [-0.15, -0.1) is 0 Å². The largest absolute Gasteiger partial charge is 0.496 e. The van der Waals surface area contributed by atoms with Crippen molar-refractivity contribution in [3.63, 3.8) is 0 Å². The molecule has 1 saturated heterocycles. The van der Waals surface area contributed by atoms with Gasteiger partial charge in [-0.05, 0) is 42.7 Å². The van der Waals surface area contributed by atoms with Crippen molar-refractivity contribution < 1.29 is 13.9 Å². The van der Waals surface area contributed by atoms with Gasteiger partial charge in [0, 0.05) is 24.5 Å². The van der Waals surface area contributed by atoms with E-state index in [9.17, 15) is 4.79 Å². The summed E-state index contributed by atoms with van der Waals surface area (Å²) in [5.41, 5.74) is 1.67. The molecule has 1 aliphatic rings. The van der Waals surface area contributed by atoms with Crippen LogP contribution in [0.3, 0.4) is 0 Å². The summed E-state index contributed by atoms with van der Waals surface area (Å²) in [7, 11) is 1.58. The van der Waals surface area contributed by atoms with Crippen molar-refractivity contribution in [1.82, 2.24) is 9.88 Å². The van der Waals surface area contributed by atoms with Crippen molar-refractivity contribution >= 4 is 17.5 Å². The van der Waals surface area contributed by atoms with Crippen molar-refractivity contribution in [2.45, 2.75) is 25.2 Å². The van der Waals surface area contributed by atoms with Crippen LogP contribution in [0.15, 0.2) is 59.1 Å². The standard InChI is InChI=1S/C23H23ClN2O3/c1-28-21-10-3-2-9-20(21)23(27)26-11-5-7-17(15-26)22-25-14-19(29-22)13-16-6-4-8-18(24)12-16/h2-4,6,8-10,12,14,17H,5,7,11,13,15H2,1H3/t17-/m0/s1. The Morgan fingerprint density at radius 1 is 1.28 bits per heavy atom. The predicted molar refractivity (Wildman–Crippen MR) is 112 cm³/mol. The lowest BCUT2D eigenvalue weighted by Gasteiger charge is -2.31. The predicted octanol–water partition coefficient (Wildman–Crippen LogP) is 4.95. The van der Waals surface area contributed by atoms with Gasteiger partial charge in [0.15, 0.2) is 5.89 Å². The van der Waals surface area contributed by atoms with Gasteiger partial charge >= 0.3 is 0 Å². The molecule has 1 atom stereocenters. The summed E-state index contributed by atoms with van der Waals surface area (Å²) in [6.07, 6.45) is 4.28. The number of carbonyl (C=O) groups is 1. The van der Waals surface area contributed by atoms with E-state index in [4.69, 9.17) is 20.8 Å². The average molecular weight is 411 g/mol. The highest BCUT2D eigenvalue weighted by molar-refractivity contribution is 6.30. The molecule has 1 amide bonds. The molecule has 2 aromatic carbocycles. The number of piperidine rings is 1. The van der Waals surface area contributed by atoms with E-state index in [1.165, 1.54) is 0 Å². The maximum atomic E-state index is 13.0. The number of hydrogen-bond donors (Lipinski definition) is 0. The molecule has 1 aromatic heterocycles. The number of hydrogen-bond acceptors (Lipinski definition) is 4. The number of oxazole rings is 1. The number of halogens is 1. The van der Waals surface area contributed by atoms with E-state index in [0.29, 0.717) is 35.2 Å². The van der Waals surface area contributed by atoms with Gasteiger partial charge in [0.25, 0.3) is 5.91 Å². The Morgan fingerprint density at radius 2 is 2.14 bits per heavy atom. The molecule has 1 aliphatic heterocycles. The third-order valence-electron chi connectivity index (χ3n) is 5.23. The fourth-order valence-corrected chi connectivity index (χ4v) is 4.01. The van der Waals surface area contributed by atoms with Gasteiger partial charge in [0.2, 0.25) is 0 Å². The van der Waals surface area contributed by atoms with Crippen LogP contribution in [-0.4, -0.2) is 36.0 Å². The zero-order valence-electron chi connectivity index (χ0n) is 16.3. The van der Waals surface area contributed by atoms with Gasteiger partial charge in [-0.1, -0.05) is 35.9 Å². The highest BCUT2D eigenvalue weighted by atomic mass is 35.5. The van der Waals surface area contributed by atoms with Crippen molar-refractivity contribution in [1.29, 1.82) is 0 Å². The fourth-order valence-electron chi connectivity index (χ4n) is 3.80. The summed E-state index contributed by atoms with van der Waals surface area (Å²) in [5.74, 6) is 2.17. The SMILES string of the molecule is COc1ccccc1C(=O)N1CCC[C@H](c2ncc(Cc3cccc(Cl)c3)o2)C1. The van der Waals surface area contributed by atoms with E-state index in [-0.39, 0.29) is 11.8 Å². The number of benzene rings is 2. The van der Waals surface area contributed by atoms with Gasteiger partial charge in [-0.2, -0.15) is 0 Å². The van der Waals surface area contributed by atoms with Crippen LogP contribution in [0.25, 0.3) is 0 Å². The fraction of sp³-hybridized carbons (Fsp3) is 0.304. The maximum absolute atomic E-state index is 13.0. The molecular formula is C23H23ClN2O3. The van der Waals surface area contributed by atoms with Crippen LogP contribution in [0.1, 0.15) is 46.3 Å². The first kappa shape index (κ1) is 19.5. The minimum absolute atomic E-state index is 0.0159. The van der Waals surface area contributed by atoms with Crippen LogP contribution in [0.5, 0.6) is 5.75 Å². The zero-order chi connectivity index (χ0) is 20.2. The molecule has 0 bridgehead atoms. The molecule has 4 rings (SSSR count). The number of carbonyl (C=O) groups excluding carboxylic acids is 1. The molecule has 29 heavy (non-hydrogen) atoms. The Hall–Kier alpha value is -2.79. The Morgan fingerprint density at radius 3 is 2.97 bits per heavy atom. The number of para-hydroxylation sites is 1. The second-order valence-corrected chi connectivity index (χ2v) is 7.70. The van der Waals surface area contributed by atoms with Gasteiger partial charge in [-0.3, -0.25) is 4.79 Å². The Bertz CT molecular complexity index is 1000. The average Bonchev–Trinajstić information content (AvgIpc) is 3.22. The minimum atomic E-state index is -0.0159. The van der Waals surface area contributed by atoms with Crippen LogP contribution in [0.2, 0.25) is 5.02 Å². The molecular weight excluding hydrogens is 388 g/mol. The lowest BCUT2D eigenvalue weighted by Crippen LogP contribution is -2.39. The Kier molecular flexibility index (Phi) is 5.86. The molecule has 1 fully saturated rings. The van der Waals surface area contributed by atoms with Crippen LogP contribution in [0.4, 0.5) is 0 Å². The van der Waals surface area contributed by atoms with E-state index in [1.807, 2.05) is 47.4 Å². The molecule has 150 valence electrons. The summed E-state index contributed by atoms with van der Waals surface area (Å²) in [6, 6.07) is 15.1. The van der Waals surface area contributed by atoms with Gasteiger partial charge < -0.3 is 14.1 Å². The summed E-state index contributed by atoms with van der Waals surface area (Å²) >= 11 is 6.06. The number of likely N-dealkylation sites (tertiary alicyclic amines) is 1. The van der Waals surface area contributed by atoms with E-state index in [2.05, 4.69) is 4.98 Å². The van der Waals surface area contributed by atoms with Gasteiger partial charge in [-0.25, -0.2) is 4.98 Å². The number of nitrogens with zero attached hydrogens (tertiary/aromatic N) is 2. The molecule has 0 aliphatic carbocycles. The second kappa shape index (κ2) is 8.70. The highest BCUT2D eigenvalue weighted by Gasteiger charge is 2.29. The molecule has 0 N–H and O–H groups in total. The highest BCUT2D eigenvalue weighted by Crippen LogP contribution is 2.29. The molecule has 2 heterocycles. The van der Waals surface area contributed by atoms with Gasteiger partial charge in [0.1, 0.15) is 11.5 Å².